The van der Waals surface area contributed by atoms with Gasteiger partial charge in [-0.05, 0) is 48.1 Å². The molecule has 112 valence electrons. The van der Waals surface area contributed by atoms with Crippen LogP contribution in [0.15, 0.2) is 30.6 Å². The highest BCUT2D eigenvalue weighted by molar-refractivity contribution is 5.53. The molecule has 2 saturated carbocycles. The Kier molecular flexibility index (Phi) is 2.74. The molecule has 2 fully saturated rings. The zero-order chi connectivity index (χ0) is 14.7. The molecule has 2 aromatic heterocycles. The van der Waals surface area contributed by atoms with Crippen LogP contribution in [-0.4, -0.2) is 15.7 Å². The first kappa shape index (κ1) is 13.3. The lowest BCUT2D eigenvalue weighted by Gasteiger charge is -2.39. The van der Waals surface area contributed by atoms with Crippen LogP contribution in [0.25, 0.3) is 5.52 Å². The largest absolute Gasteiger partial charge is 0.309 e. The zero-order valence-corrected chi connectivity index (χ0v) is 13.3. The molecule has 4 rings (SSSR count). The Bertz CT molecular complexity index is 672. The number of nitrogens with one attached hydrogen (secondary N) is 1. The fourth-order valence-corrected chi connectivity index (χ4v) is 4.87. The molecule has 2 bridgehead atoms. The van der Waals surface area contributed by atoms with Crippen molar-refractivity contribution >= 4 is 5.52 Å². The van der Waals surface area contributed by atoms with E-state index in [1.165, 1.54) is 30.3 Å². The maximum atomic E-state index is 4.43. The molecule has 0 amide bonds. The van der Waals surface area contributed by atoms with Crippen molar-refractivity contribution < 1.29 is 0 Å². The molecule has 2 aromatic rings. The standard InChI is InChI=1S/C18H25N3/c1-17(2)14-7-8-18(17,3)16(10-14)19-11-13-12-20-21-9-5-4-6-15(13)21/h4-6,9,12,14,16,19H,7-8,10-11H2,1-3H3. The monoisotopic (exact) mass is 283 g/mol. The highest BCUT2D eigenvalue weighted by atomic mass is 15.2. The molecule has 3 unspecified atom stereocenters. The molecule has 0 spiro atoms. The van der Waals surface area contributed by atoms with E-state index in [-0.39, 0.29) is 0 Å². The lowest BCUT2D eigenvalue weighted by Crippen LogP contribution is -2.44. The van der Waals surface area contributed by atoms with Gasteiger partial charge in [0.1, 0.15) is 0 Å². The Hall–Kier alpha value is -1.35. The van der Waals surface area contributed by atoms with E-state index in [0.29, 0.717) is 16.9 Å². The minimum Gasteiger partial charge on any atom is -0.309 e. The molecule has 3 nitrogen and oxygen atoms in total. The summed E-state index contributed by atoms with van der Waals surface area (Å²) in [5.74, 6) is 0.893. The molecule has 21 heavy (non-hydrogen) atoms. The molecular weight excluding hydrogens is 258 g/mol. The normalized spacial score (nSPS) is 33.9. The molecule has 0 radical (unpaired) electrons. The van der Waals surface area contributed by atoms with Gasteiger partial charge in [0.15, 0.2) is 0 Å². The van der Waals surface area contributed by atoms with Gasteiger partial charge < -0.3 is 5.32 Å². The molecular formula is C18H25N3. The Labute approximate surface area is 126 Å². The van der Waals surface area contributed by atoms with Gasteiger partial charge in [0.25, 0.3) is 0 Å². The smallest absolute Gasteiger partial charge is 0.0706 e. The van der Waals surface area contributed by atoms with Crippen LogP contribution in [0.5, 0.6) is 0 Å². The van der Waals surface area contributed by atoms with Crippen molar-refractivity contribution in [3.05, 3.63) is 36.2 Å². The van der Waals surface area contributed by atoms with Gasteiger partial charge in [0.05, 0.1) is 11.7 Å². The fraction of sp³-hybridized carbons (Fsp3) is 0.611. The molecule has 1 N–H and O–H groups in total. The van der Waals surface area contributed by atoms with Crippen LogP contribution >= 0.6 is 0 Å². The van der Waals surface area contributed by atoms with Gasteiger partial charge in [-0.15, -0.1) is 0 Å². The zero-order valence-electron chi connectivity index (χ0n) is 13.3. The average molecular weight is 283 g/mol. The van der Waals surface area contributed by atoms with Crippen molar-refractivity contribution in [1.82, 2.24) is 14.9 Å². The lowest BCUT2D eigenvalue weighted by molar-refractivity contribution is 0.120. The molecule has 3 heteroatoms. The highest BCUT2D eigenvalue weighted by Crippen LogP contribution is 2.65. The van der Waals surface area contributed by atoms with Crippen molar-refractivity contribution in [2.75, 3.05) is 0 Å². The molecule has 3 atom stereocenters. The summed E-state index contributed by atoms with van der Waals surface area (Å²) in [6, 6.07) is 6.90. The van der Waals surface area contributed by atoms with Crippen LogP contribution < -0.4 is 5.32 Å². The number of hydrogen-bond acceptors (Lipinski definition) is 2. The Morgan fingerprint density at radius 2 is 2.19 bits per heavy atom. The number of fused-ring (bicyclic) bond motifs is 3. The number of aromatic nitrogens is 2. The van der Waals surface area contributed by atoms with Crippen molar-refractivity contribution in [2.24, 2.45) is 16.7 Å². The van der Waals surface area contributed by atoms with Crippen LogP contribution in [0.2, 0.25) is 0 Å². The summed E-state index contributed by atoms with van der Waals surface area (Å²) in [7, 11) is 0. The Morgan fingerprint density at radius 3 is 2.90 bits per heavy atom. The topological polar surface area (TPSA) is 29.3 Å². The summed E-state index contributed by atoms with van der Waals surface area (Å²) in [6.07, 6.45) is 8.14. The predicted molar refractivity (Wildman–Crippen MR) is 85.0 cm³/mol. The van der Waals surface area contributed by atoms with Crippen molar-refractivity contribution in [3.63, 3.8) is 0 Å². The van der Waals surface area contributed by atoms with Gasteiger partial charge in [-0.3, -0.25) is 0 Å². The van der Waals surface area contributed by atoms with E-state index in [0.717, 1.165) is 12.5 Å². The Morgan fingerprint density at radius 1 is 1.33 bits per heavy atom. The van der Waals surface area contributed by atoms with E-state index in [1.54, 1.807) is 0 Å². The van der Waals surface area contributed by atoms with Crippen LogP contribution in [0.3, 0.4) is 0 Å². The third-order valence-electron chi connectivity index (χ3n) is 6.84. The quantitative estimate of drug-likeness (QED) is 0.932. The maximum absolute atomic E-state index is 4.43. The third-order valence-corrected chi connectivity index (χ3v) is 6.84. The molecule has 2 heterocycles. The Balaban J connectivity index is 1.53. The van der Waals surface area contributed by atoms with E-state index >= 15 is 0 Å². The van der Waals surface area contributed by atoms with Crippen LogP contribution in [0.1, 0.15) is 45.6 Å². The van der Waals surface area contributed by atoms with Crippen molar-refractivity contribution in [2.45, 2.75) is 52.6 Å². The summed E-state index contributed by atoms with van der Waals surface area (Å²) in [6.45, 7) is 8.37. The second-order valence-electron chi connectivity index (χ2n) is 7.74. The minimum atomic E-state index is 0.445. The predicted octanol–water partition coefficient (Wildman–Crippen LogP) is 3.64. The summed E-state index contributed by atoms with van der Waals surface area (Å²) < 4.78 is 1.96. The van der Waals surface area contributed by atoms with Gasteiger partial charge >= 0.3 is 0 Å². The van der Waals surface area contributed by atoms with E-state index in [1.807, 2.05) is 23.0 Å². The number of pyridine rings is 1. The van der Waals surface area contributed by atoms with Crippen molar-refractivity contribution in [1.29, 1.82) is 0 Å². The van der Waals surface area contributed by atoms with Gasteiger partial charge in [0.2, 0.25) is 0 Å². The van der Waals surface area contributed by atoms with Crippen LogP contribution in [0.4, 0.5) is 0 Å². The van der Waals surface area contributed by atoms with E-state index in [2.05, 4.69) is 43.3 Å². The molecule has 0 aromatic carbocycles. The van der Waals surface area contributed by atoms with Crippen LogP contribution in [0, 0.1) is 16.7 Å². The highest BCUT2D eigenvalue weighted by Gasteiger charge is 2.60. The lowest BCUT2D eigenvalue weighted by atomic mass is 9.69. The second kappa shape index (κ2) is 4.33. The fourth-order valence-electron chi connectivity index (χ4n) is 4.87. The molecule has 2 aliphatic carbocycles. The van der Waals surface area contributed by atoms with Gasteiger partial charge in [-0.2, -0.15) is 5.10 Å². The summed E-state index contributed by atoms with van der Waals surface area (Å²) in [4.78, 5) is 0. The maximum Gasteiger partial charge on any atom is 0.0706 e. The first-order valence-electron chi connectivity index (χ1n) is 8.17. The average Bonchev–Trinajstić information content (AvgIpc) is 3.03. The van der Waals surface area contributed by atoms with E-state index < -0.39 is 0 Å². The van der Waals surface area contributed by atoms with Crippen molar-refractivity contribution in [3.8, 4) is 0 Å². The minimum absolute atomic E-state index is 0.445. The summed E-state index contributed by atoms with van der Waals surface area (Å²) in [5.41, 5.74) is 3.45. The number of rotatable bonds is 3. The molecule has 0 aliphatic heterocycles. The van der Waals surface area contributed by atoms with Crippen LogP contribution in [-0.2, 0) is 6.54 Å². The third kappa shape index (κ3) is 1.73. The number of nitrogens with zero attached hydrogens (tertiary/aromatic N) is 2. The number of hydrogen-bond donors (Lipinski definition) is 1. The SMILES string of the molecule is CC1(C)C2CCC1(C)C(NCc1cnn3ccccc13)C2. The summed E-state index contributed by atoms with van der Waals surface area (Å²) in [5, 5.41) is 8.28. The first-order chi connectivity index (χ1) is 10.0. The van der Waals surface area contributed by atoms with E-state index in [9.17, 15) is 0 Å². The molecule has 2 aliphatic rings. The second-order valence-corrected chi connectivity index (χ2v) is 7.74. The van der Waals surface area contributed by atoms with E-state index in [4.69, 9.17) is 0 Å². The van der Waals surface area contributed by atoms with Gasteiger partial charge in [-0.1, -0.05) is 26.8 Å². The van der Waals surface area contributed by atoms with Gasteiger partial charge in [0, 0.05) is 24.3 Å². The van der Waals surface area contributed by atoms with Gasteiger partial charge in [-0.25, -0.2) is 4.52 Å². The first-order valence-corrected chi connectivity index (χ1v) is 8.17. The molecule has 0 saturated heterocycles. The summed E-state index contributed by atoms with van der Waals surface area (Å²) >= 11 is 0.